The molecule has 0 aromatic rings. The van der Waals surface area contributed by atoms with Crippen molar-refractivity contribution in [3.05, 3.63) is 0 Å². The van der Waals surface area contributed by atoms with Crippen LogP contribution >= 0.6 is 22.6 Å². The maximum Gasteiger partial charge on any atom is 0.0136 e. The van der Waals surface area contributed by atoms with Gasteiger partial charge in [0.25, 0.3) is 0 Å². The van der Waals surface area contributed by atoms with Gasteiger partial charge in [-0.15, -0.1) is 0 Å². The maximum absolute atomic E-state index is 2.56. The molecular weight excluding hydrogens is 225 g/mol. The van der Waals surface area contributed by atoms with E-state index in [9.17, 15) is 0 Å². The summed E-state index contributed by atoms with van der Waals surface area (Å²) in [7, 11) is 2.22. The number of alkyl halides is 1. The summed E-state index contributed by atoms with van der Waals surface area (Å²) in [4.78, 5) is 2.44. The first-order chi connectivity index (χ1) is 4.20. The molecule has 0 aliphatic carbocycles. The number of hydrogen-bond donors (Lipinski definition) is 0. The Labute approximate surface area is 70.9 Å². The van der Waals surface area contributed by atoms with E-state index in [4.69, 9.17) is 0 Å². The Bertz CT molecular complexity index is 94.9. The molecule has 9 heavy (non-hydrogen) atoms. The van der Waals surface area contributed by atoms with E-state index in [1.807, 2.05) is 0 Å². The summed E-state index contributed by atoms with van der Waals surface area (Å²) in [5, 5.41) is 0. The SMILES string of the molecule is CC1CC(I)CCN1C. The minimum absolute atomic E-state index is 0.806. The number of likely N-dealkylation sites (tertiary alicyclic amines) is 1. The van der Waals surface area contributed by atoms with E-state index in [1.165, 1.54) is 19.4 Å². The average Bonchev–Trinajstić information content (AvgIpc) is 1.80. The van der Waals surface area contributed by atoms with Gasteiger partial charge in [0.05, 0.1) is 0 Å². The molecule has 0 bridgehead atoms. The highest BCUT2D eigenvalue weighted by atomic mass is 127. The van der Waals surface area contributed by atoms with Crippen molar-refractivity contribution >= 4 is 22.6 Å². The van der Waals surface area contributed by atoms with Gasteiger partial charge in [0.15, 0.2) is 0 Å². The Morgan fingerprint density at radius 2 is 2.22 bits per heavy atom. The normalized spacial score (nSPS) is 39.0. The Morgan fingerprint density at radius 1 is 1.56 bits per heavy atom. The molecule has 54 valence electrons. The van der Waals surface area contributed by atoms with Crippen molar-refractivity contribution in [2.75, 3.05) is 13.6 Å². The molecule has 2 atom stereocenters. The van der Waals surface area contributed by atoms with E-state index in [0.717, 1.165) is 9.97 Å². The third kappa shape index (κ3) is 2.08. The highest BCUT2D eigenvalue weighted by molar-refractivity contribution is 14.1. The van der Waals surface area contributed by atoms with E-state index in [2.05, 4.69) is 41.5 Å². The monoisotopic (exact) mass is 239 g/mol. The second-order valence-corrected chi connectivity index (χ2v) is 4.71. The minimum atomic E-state index is 0.806. The summed E-state index contributed by atoms with van der Waals surface area (Å²) < 4.78 is 0.925. The molecule has 1 rings (SSSR count). The van der Waals surface area contributed by atoms with Gasteiger partial charge in [-0.05, 0) is 33.4 Å². The molecule has 0 aromatic carbocycles. The first kappa shape index (κ1) is 7.79. The summed E-state index contributed by atoms with van der Waals surface area (Å²) in [5.74, 6) is 0. The molecule has 0 aromatic heterocycles. The van der Waals surface area contributed by atoms with Crippen LogP contribution in [0.25, 0.3) is 0 Å². The fraction of sp³-hybridized carbons (Fsp3) is 1.00. The van der Waals surface area contributed by atoms with Crippen LogP contribution in [0, 0.1) is 0 Å². The smallest absolute Gasteiger partial charge is 0.0136 e. The van der Waals surface area contributed by atoms with Crippen LogP contribution in [0.3, 0.4) is 0 Å². The first-order valence-electron chi connectivity index (χ1n) is 3.54. The van der Waals surface area contributed by atoms with Gasteiger partial charge < -0.3 is 4.90 Å². The zero-order chi connectivity index (χ0) is 6.85. The fourth-order valence-corrected chi connectivity index (χ4v) is 2.25. The van der Waals surface area contributed by atoms with E-state index in [0.29, 0.717) is 0 Å². The zero-order valence-electron chi connectivity index (χ0n) is 6.10. The predicted octanol–water partition coefficient (Wildman–Crippen LogP) is 1.90. The zero-order valence-corrected chi connectivity index (χ0v) is 8.26. The molecule has 0 saturated carbocycles. The quantitative estimate of drug-likeness (QED) is 0.461. The van der Waals surface area contributed by atoms with E-state index >= 15 is 0 Å². The van der Waals surface area contributed by atoms with Gasteiger partial charge in [0.1, 0.15) is 0 Å². The van der Waals surface area contributed by atoms with E-state index < -0.39 is 0 Å². The van der Waals surface area contributed by atoms with Gasteiger partial charge in [-0.3, -0.25) is 0 Å². The van der Waals surface area contributed by atoms with Crippen LogP contribution in [0.1, 0.15) is 19.8 Å². The number of piperidine rings is 1. The Hall–Kier alpha value is 0.690. The molecule has 0 amide bonds. The van der Waals surface area contributed by atoms with Crippen molar-refractivity contribution in [2.24, 2.45) is 0 Å². The van der Waals surface area contributed by atoms with Crippen molar-refractivity contribution in [1.82, 2.24) is 4.90 Å². The molecule has 0 radical (unpaired) electrons. The molecule has 1 saturated heterocycles. The standard InChI is InChI=1S/C7H14IN/c1-6-5-7(8)3-4-9(6)2/h6-7H,3-5H2,1-2H3. The summed E-state index contributed by atoms with van der Waals surface area (Å²) in [5.41, 5.74) is 0. The molecule has 2 unspecified atom stereocenters. The second-order valence-electron chi connectivity index (χ2n) is 2.95. The van der Waals surface area contributed by atoms with Crippen LogP contribution in [0.5, 0.6) is 0 Å². The van der Waals surface area contributed by atoms with Crippen LogP contribution < -0.4 is 0 Å². The lowest BCUT2D eigenvalue weighted by Crippen LogP contribution is -2.37. The lowest BCUT2D eigenvalue weighted by Gasteiger charge is -2.32. The number of nitrogens with zero attached hydrogens (tertiary/aromatic N) is 1. The van der Waals surface area contributed by atoms with E-state index in [-0.39, 0.29) is 0 Å². The van der Waals surface area contributed by atoms with Crippen LogP contribution in [0.4, 0.5) is 0 Å². The molecule has 1 fully saturated rings. The molecule has 1 aliphatic heterocycles. The van der Waals surface area contributed by atoms with E-state index in [1.54, 1.807) is 0 Å². The summed E-state index contributed by atoms with van der Waals surface area (Å²) in [6, 6.07) is 0.806. The van der Waals surface area contributed by atoms with Gasteiger partial charge >= 0.3 is 0 Å². The Morgan fingerprint density at radius 3 is 2.67 bits per heavy atom. The minimum Gasteiger partial charge on any atom is -0.304 e. The fourth-order valence-electron chi connectivity index (χ4n) is 1.23. The largest absolute Gasteiger partial charge is 0.304 e. The summed E-state index contributed by atoms with van der Waals surface area (Å²) in [6.07, 6.45) is 2.75. The third-order valence-corrected chi connectivity index (χ3v) is 3.28. The van der Waals surface area contributed by atoms with Crippen LogP contribution in [0.15, 0.2) is 0 Å². The Kier molecular flexibility index (Phi) is 2.76. The summed E-state index contributed by atoms with van der Waals surface area (Å²) >= 11 is 2.56. The topological polar surface area (TPSA) is 3.24 Å². The van der Waals surface area contributed by atoms with Crippen molar-refractivity contribution in [1.29, 1.82) is 0 Å². The van der Waals surface area contributed by atoms with Crippen molar-refractivity contribution in [2.45, 2.75) is 29.7 Å². The molecule has 1 nitrogen and oxygen atoms in total. The van der Waals surface area contributed by atoms with Crippen molar-refractivity contribution in [3.8, 4) is 0 Å². The highest BCUT2D eigenvalue weighted by Crippen LogP contribution is 2.21. The lowest BCUT2D eigenvalue weighted by molar-refractivity contribution is 0.208. The van der Waals surface area contributed by atoms with Crippen LogP contribution in [-0.4, -0.2) is 28.5 Å². The van der Waals surface area contributed by atoms with Crippen molar-refractivity contribution in [3.63, 3.8) is 0 Å². The number of hydrogen-bond acceptors (Lipinski definition) is 1. The molecule has 0 spiro atoms. The predicted molar refractivity (Wildman–Crippen MR) is 49.1 cm³/mol. The van der Waals surface area contributed by atoms with Gasteiger partial charge in [-0.25, -0.2) is 0 Å². The Balaban J connectivity index is 2.35. The van der Waals surface area contributed by atoms with Gasteiger partial charge in [0, 0.05) is 9.97 Å². The lowest BCUT2D eigenvalue weighted by atomic mass is 10.1. The third-order valence-electron chi connectivity index (χ3n) is 2.14. The summed E-state index contributed by atoms with van der Waals surface area (Å²) in [6.45, 7) is 3.60. The molecular formula is C7H14IN. The van der Waals surface area contributed by atoms with Gasteiger partial charge in [-0.1, -0.05) is 22.6 Å². The molecule has 2 heteroatoms. The first-order valence-corrected chi connectivity index (χ1v) is 4.79. The van der Waals surface area contributed by atoms with Gasteiger partial charge in [0.2, 0.25) is 0 Å². The van der Waals surface area contributed by atoms with Crippen molar-refractivity contribution < 1.29 is 0 Å². The van der Waals surface area contributed by atoms with Gasteiger partial charge in [-0.2, -0.15) is 0 Å². The maximum atomic E-state index is 2.56. The molecule has 1 heterocycles. The number of rotatable bonds is 0. The van der Waals surface area contributed by atoms with Crippen LogP contribution in [0.2, 0.25) is 0 Å². The molecule has 0 N–H and O–H groups in total. The van der Waals surface area contributed by atoms with Crippen LogP contribution in [-0.2, 0) is 0 Å². The highest BCUT2D eigenvalue weighted by Gasteiger charge is 2.19. The average molecular weight is 239 g/mol. The number of halogens is 1. The second kappa shape index (κ2) is 3.19. The molecule has 1 aliphatic rings.